The van der Waals surface area contributed by atoms with Crippen LogP contribution in [0.5, 0.6) is 5.75 Å². The molecule has 4 heteroatoms. The van der Waals surface area contributed by atoms with Gasteiger partial charge in [0.15, 0.2) is 0 Å². The van der Waals surface area contributed by atoms with E-state index in [1.807, 2.05) is 6.07 Å². The Morgan fingerprint density at radius 2 is 2.06 bits per heavy atom. The maximum Gasteiger partial charge on any atom is 0.265 e. The molecule has 0 atom stereocenters. The first-order valence-corrected chi connectivity index (χ1v) is 6.20. The topological polar surface area (TPSA) is 49.3 Å². The monoisotopic (exact) mass is 247 g/mol. The molecule has 0 aliphatic heterocycles. The van der Waals surface area contributed by atoms with Gasteiger partial charge in [0.1, 0.15) is 5.75 Å². The highest BCUT2D eigenvalue weighted by Crippen LogP contribution is 2.24. The van der Waals surface area contributed by atoms with Crippen LogP contribution >= 0.6 is 11.3 Å². The Kier molecular flexibility index (Phi) is 3.44. The van der Waals surface area contributed by atoms with Crippen LogP contribution in [-0.4, -0.2) is 11.0 Å². The lowest BCUT2D eigenvalue weighted by molar-refractivity contribution is 0.103. The Morgan fingerprint density at radius 1 is 1.29 bits per heavy atom. The average Bonchev–Trinajstić information content (AvgIpc) is 2.81. The molecule has 0 spiro atoms. The maximum atomic E-state index is 11.9. The first-order valence-electron chi connectivity index (χ1n) is 5.38. The summed E-state index contributed by atoms with van der Waals surface area (Å²) in [6, 6.07) is 10.4. The fraction of sp³-hybridized carbons (Fsp3) is 0.154. The normalized spacial score (nSPS) is 10.2. The van der Waals surface area contributed by atoms with E-state index in [1.54, 1.807) is 30.3 Å². The standard InChI is InChI=1S/C13H13NO2S/c1-2-9-7-8-12(17-9)13(16)14-10-5-3-4-6-11(10)15/h3-8,15H,2H2,1H3,(H,14,16). The average molecular weight is 247 g/mol. The van der Waals surface area contributed by atoms with Crippen LogP contribution in [0.2, 0.25) is 0 Å². The number of benzene rings is 1. The molecule has 0 saturated carbocycles. The van der Waals surface area contributed by atoms with Crippen molar-refractivity contribution < 1.29 is 9.90 Å². The second kappa shape index (κ2) is 5.01. The Labute approximate surface area is 104 Å². The number of anilines is 1. The number of hydrogen-bond donors (Lipinski definition) is 2. The molecular formula is C13H13NO2S. The van der Waals surface area contributed by atoms with Crippen molar-refractivity contribution >= 4 is 22.9 Å². The van der Waals surface area contributed by atoms with E-state index in [2.05, 4.69) is 12.2 Å². The van der Waals surface area contributed by atoms with Crippen molar-refractivity contribution in [2.24, 2.45) is 0 Å². The molecule has 1 aromatic heterocycles. The van der Waals surface area contributed by atoms with Crippen LogP contribution in [-0.2, 0) is 6.42 Å². The fourth-order valence-corrected chi connectivity index (χ4v) is 2.30. The Bertz CT molecular complexity index is 534. The molecule has 0 saturated heterocycles. The van der Waals surface area contributed by atoms with Gasteiger partial charge in [-0.25, -0.2) is 0 Å². The highest BCUT2D eigenvalue weighted by atomic mass is 32.1. The summed E-state index contributed by atoms with van der Waals surface area (Å²) >= 11 is 1.47. The van der Waals surface area contributed by atoms with E-state index in [0.29, 0.717) is 10.6 Å². The molecule has 2 rings (SSSR count). The smallest absolute Gasteiger partial charge is 0.265 e. The largest absolute Gasteiger partial charge is 0.506 e. The number of phenolic OH excluding ortho intramolecular Hbond substituents is 1. The number of hydrogen-bond acceptors (Lipinski definition) is 3. The minimum Gasteiger partial charge on any atom is -0.506 e. The molecule has 0 radical (unpaired) electrons. The third kappa shape index (κ3) is 2.65. The van der Waals surface area contributed by atoms with Crippen molar-refractivity contribution in [3.63, 3.8) is 0 Å². The number of aromatic hydroxyl groups is 1. The predicted molar refractivity (Wildman–Crippen MR) is 69.8 cm³/mol. The molecule has 1 aromatic carbocycles. The van der Waals surface area contributed by atoms with Crippen LogP contribution in [0, 0.1) is 0 Å². The number of phenols is 1. The number of amides is 1. The van der Waals surface area contributed by atoms with Crippen molar-refractivity contribution in [3.8, 4) is 5.75 Å². The third-order valence-electron chi connectivity index (χ3n) is 2.39. The van der Waals surface area contributed by atoms with E-state index in [0.717, 1.165) is 6.42 Å². The predicted octanol–water partition coefficient (Wildman–Crippen LogP) is 3.27. The summed E-state index contributed by atoms with van der Waals surface area (Å²) in [7, 11) is 0. The van der Waals surface area contributed by atoms with Gasteiger partial charge in [-0.2, -0.15) is 0 Å². The van der Waals surface area contributed by atoms with Gasteiger partial charge in [0.25, 0.3) is 5.91 Å². The summed E-state index contributed by atoms with van der Waals surface area (Å²) in [5.41, 5.74) is 0.434. The summed E-state index contributed by atoms with van der Waals surface area (Å²) < 4.78 is 0. The third-order valence-corrected chi connectivity index (χ3v) is 3.61. The summed E-state index contributed by atoms with van der Waals surface area (Å²) in [4.78, 5) is 13.7. The number of nitrogens with one attached hydrogen (secondary N) is 1. The van der Waals surface area contributed by atoms with Gasteiger partial charge in [-0.15, -0.1) is 11.3 Å². The van der Waals surface area contributed by atoms with Crippen molar-refractivity contribution in [3.05, 3.63) is 46.2 Å². The van der Waals surface area contributed by atoms with Crippen molar-refractivity contribution in [1.29, 1.82) is 0 Å². The van der Waals surface area contributed by atoms with Gasteiger partial charge in [-0.3, -0.25) is 4.79 Å². The van der Waals surface area contributed by atoms with Crippen LogP contribution in [0.15, 0.2) is 36.4 Å². The number of carbonyl (C=O) groups excluding carboxylic acids is 1. The number of para-hydroxylation sites is 2. The molecule has 88 valence electrons. The van der Waals surface area contributed by atoms with Crippen molar-refractivity contribution in [2.45, 2.75) is 13.3 Å². The zero-order valence-electron chi connectivity index (χ0n) is 9.43. The van der Waals surface area contributed by atoms with Crippen LogP contribution in [0.25, 0.3) is 0 Å². The highest BCUT2D eigenvalue weighted by Gasteiger charge is 2.10. The van der Waals surface area contributed by atoms with Crippen molar-refractivity contribution in [1.82, 2.24) is 0 Å². The van der Waals surface area contributed by atoms with Crippen LogP contribution in [0.4, 0.5) is 5.69 Å². The molecule has 0 unspecified atom stereocenters. The second-order valence-electron chi connectivity index (χ2n) is 3.59. The van der Waals surface area contributed by atoms with Gasteiger partial charge in [0, 0.05) is 4.88 Å². The highest BCUT2D eigenvalue weighted by molar-refractivity contribution is 7.14. The Morgan fingerprint density at radius 3 is 2.71 bits per heavy atom. The van der Waals surface area contributed by atoms with E-state index in [1.165, 1.54) is 16.2 Å². The van der Waals surface area contributed by atoms with Gasteiger partial charge in [0.2, 0.25) is 0 Å². The molecule has 0 aliphatic carbocycles. The molecule has 1 amide bonds. The molecular weight excluding hydrogens is 234 g/mol. The van der Waals surface area contributed by atoms with E-state index in [-0.39, 0.29) is 11.7 Å². The van der Waals surface area contributed by atoms with E-state index < -0.39 is 0 Å². The lowest BCUT2D eigenvalue weighted by Gasteiger charge is -2.05. The molecule has 1 heterocycles. The minimum absolute atomic E-state index is 0.0770. The van der Waals surface area contributed by atoms with E-state index >= 15 is 0 Å². The van der Waals surface area contributed by atoms with Crippen LogP contribution < -0.4 is 5.32 Å². The van der Waals surface area contributed by atoms with Gasteiger partial charge >= 0.3 is 0 Å². The number of carbonyl (C=O) groups is 1. The van der Waals surface area contributed by atoms with E-state index in [9.17, 15) is 9.90 Å². The van der Waals surface area contributed by atoms with Gasteiger partial charge < -0.3 is 10.4 Å². The summed E-state index contributed by atoms with van der Waals surface area (Å²) in [6.07, 6.45) is 0.925. The lowest BCUT2D eigenvalue weighted by Crippen LogP contribution is -2.09. The first kappa shape index (κ1) is 11.7. The van der Waals surface area contributed by atoms with Crippen LogP contribution in [0.1, 0.15) is 21.5 Å². The van der Waals surface area contributed by atoms with Gasteiger partial charge in [-0.1, -0.05) is 19.1 Å². The molecule has 17 heavy (non-hydrogen) atoms. The molecule has 0 bridgehead atoms. The Balaban J connectivity index is 2.14. The number of thiophene rings is 1. The SMILES string of the molecule is CCc1ccc(C(=O)Nc2ccccc2O)s1. The van der Waals surface area contributed by atoms with Crippen LogP contribution in [0.3, 0.4) is 0 Å². The molecule has 3 nitrogen and oxygen atoms in total. The maximum absolute atomic E-state index is 11.9. The second-order valence-corrected chi connectivity index (χ2v) is 4.76. The Hall–Kier alpha value is -1.81. The summed E-state index contributed by atoms with van der Waals surface area (Å²) in [5.74, 6) is -0.107. The van der Waals surface area contributed by atoms with E-state index in [4.69, 9.17) is 0 Å². The van der Waals surface area contributed by atoms with Gasteiger partial charge in [0.05, 0.1) is 10.6 Å². The van der Waals surface area contributed by atoms with Gasteiger partial charge in [-0.05, 0) is 30.7 Å². The lowest BCUT2D eigenvalue weighted by atomic mass is 10.3. The number of aryl methyl sites for hydroxylation is 1. The molecule has 2 aromatic rings. The molecule has 0 fully saturated rings. The zero-order chi connectivity index (χ0) is 12.3. The fourth-order valence-electron chi connectivity index (χ4n) is 1.45. The number of rotatable bonds is 3. The molecule has 2 N–H and O–H groups in total. The minimum atomic E-state index is -0.184. The molecule has 0 aliphatic rings. The zero-order valence-corrected chi connectivity index (χ0v) is 10.3. The quantitative estimate of drug-likeness (QED) is 0.818. The summed E-state index contributed by atoms with van der Waals surface area (Å²) in [5, 5.41) is 12.2. The summed E-state index contributed by atoms with van der Waals surface area (Å²) in [6.45, 7) is 2.05. The first-order chi connectivity index (χ1) is 8.20. The van der Waals surface area contributed by atoms with Crippen molar-refractivity contribution in [2.75, 3.05) is 5.32 Å².